The van der Waals surface area contributed by atoms with Crippen LogP contribution in [0.1, 0.15) is 32.1 Å². The number of anilines is 1. The average molecular weight is 466 g/mol. The summed E-state index contributed by atoms with van der Waals surface area (Å²) in [6, 6.07) is 7.99. The summed E-state index contributed by atoms with van der Waals surface area (Å²) in [7, 11) is 0. The lowest BCUT2D eigenvalue weighted by atomic mass is 10.2. The molecule has 2 aromatic heterocycles. The molecule has 1 fully saturated rings. The van der Waals surface area contributed by atoms with Crippen molar-refractivity contribution in [3.63, 3.8) is 0 Å². The molecule has 1 saturated carbocycles. The van der Waals surface area contributed by atoms with Crippen LogP contribution in [0.15, 0.2) is 37.5 Å². The lowest BCUT2D eigenvalue weighted by Crippen LogP contribution is -2.32. The number of carbonyl (C=O) groups excluding carboxylic acids is 1. The first-order valence-corrected chi connectivity index (χ1v) is 11.1. The van der Waals surface area contributed by atoms with Crippen molar-refractivity contribution < 1.29 is 9.21 Å². The zero-order valence-electron chi connectivity index (χ0n) is 14.5. The number of amides is 1. The van der Waals surface area contributed by atoms with Crippen molar-refractivity contribution in [1.29, 1.82) is 0 Å². The molecule has 0 N–H and O–H groups in total. The van der Waals surface area contributed by atoms with Crippen LogP contribution in [0.3, 0.4) is 0 Å². The number of benzene rings is 1. The molecule has 1 aromatic carbocycles. The highest BCUT2D eigenvalue weighted by Gasteiger charge is 2.35. The molecule has 7 nitrogen and oxygen atoms in total. The smallest absolute Gasteiger partial charge is 0.248 e. The van der Waals surface area contributed by atoms with Gasteiger partial charge in [-0.2, -0.15) is 0 Å². The number of halogens is 1. The van der Waals surface area contributed by atoms with Gasteiger partial charge in [0.15, 0.2) is 4.34 Å². The van der Waals surface area contributed by atoms with Crippen molar-refractivity contribution in [3.8, 4) is 11.5 Å². The Morgan fingerprint density at radius 2 is 2.11 bits per heavy atom. The lowest BCUT2D eigenvalue weighted by Gasteiger charge is -2.17. The highest BCUT2D eigenvalue weighted by atomic mass is 79.9. The van der Waals surface area contributed by atoms with Gasteiger partial charge in [0.1, 0.15) is 0 Å². The number of aromatic nitrogens is 4. The van der Waals surface area contributed by atoms with Crippen molar-refractivity contribution >= 4 is 50.1 Å². The molecule has 0 aliphatic heterocycles. The van der Waals surface area contributed by atoms with E-state index in [4.69, 9.17) is 4.42 Å². The van der Waals surface area contributed by atoms with E-state index in [2.05, 4.69) is 36.3 Å². The lowest BCUT2D eigenvalue weighted by molar-refractivity contribution is -0.118. The maximum atomic E-state index is 12.2. The van der Waals surface area contributed by atoms with Crippen LogP contribution >= 0.6 is 39.0 Å². The van der Waals surface area contributed by atoms with Crippen LogP contribution in [0.5, 0.6) is 0 Å². The molecule has 0 unspecified atom stereocenters. The van der Waals surface area contributed by atoms with Gasteiger partial charge in [0.25, 0.3) is 0 Å². The molecular weight excluding hydrogens is 450 g/mol. The van der Waals surface area contributed by atoms with E-state index in [1.807, 2.05) is 31.2 Å². The Morgan fingerprint density at radius 3 is 2.85 bits per heavy atom. The molecule has 1 aliphatic carbocycles. The summed E-state index contributed by atoms with van der Waals surface area (Å²) >= 11 is 6.39. The predicted octanol–water partition coefficient (Wildman–Crippen LogP) is 4.55. The van der Waals surface area contributed by atoms with Crippen LogP contribution in [-0.4, -0.2) is 32.3 Å². The van der Waals surface area contributed by atoms with E-state index in [1.165, 1.54) is 23.1 Å². The zero-order valence-corrected chi connectivity index (χ0v) is 17.7. The molecule has 2 heterocycles. The van der Waals surface area contributed by atoms with Gasteiger partial charge in [-0.1, -0.05) is 42.2 Å². The molecule has 1 aliphatic rings. The second-order valence-electron chi connectivity index (χ2n) is 5.97. The van der Waals surface area contributed by atoms with Gasteiger partial charge in [0.2, 0.25) is 22.8 Å². The minimum Gasteiger partial charge on any atom is -0.420 e. The Morgan fingerprint density at radius 1 is 1.30 bits per heavy atom. The number of hydrogen-bond acceptors (Lipinski definition) is 8. The first-order chi connectivity index (χ1) is 13.2. The Bertz CT molecular complexity index is 956. The second-order valence-corrected chi connectivity index (χ2v) is 9.00. The summed E-state index contributed by atoms with van der Waals surface area (Å²) in [4.78, 5) is 14.0. The van der Waals surface area contributed by atoms with Crippen molar-refractivity contribution in [2.45, 2.75) is 42.3 Å². The summed E-state index contributed by atoms with van der Waals surface area (Å²) in [5.41, 5.74) is 0.859. The molecule has 4 rings (SSSR count). The van der Waals surface area contributed by atoms with Gasteiger partial charge in [-0.25, -0.2) is 0 Å². The summed E-state index contributed by atoms with van der Waals surface area (Å²) in [5.74, 6) is 1.59. The summed E-state index contributed by atoms with van der Waals surface area (Å²) < 4.78 is 7.43. The minimum absolute atomic E-state index is 0.0974. The maximum absolute atomic E-state index is 12.2. The van der Waals surface area contributed by atoms with E-state index in [0.29, 0.717) is 29.1 Å². The van der Waals surface area contributed by atoms with Crippen molar-refractivity contribution in [1.82, 2.24) is 20.4 Å². The number of rotatable bonds is 7. The van der Waals surface area contributed by atoms with Crippen LogP contribution in [0.2, 0.25) is 0 Å². The Balaban J connectivity index is 1.42. The van der Waals surface area contributed by atoms with Crippen molar-refractivity contribution in [2.75, 3.05) is 4.90 Å². The fourth-order valence-corrected chi connectivity index (χ4v) is 4.73. The summed E-state index contributed by atoms with van der Waals surface area (Å²) in [5, 5.41) is 17.3. The summed E-state index contributed by atoms with van der Waals surface area (Å²) in [6.07, 6.45) is 2.54. The number of hydrogen-bond donors (Lipinski definition) is 0. The third-order valence-corrected chi connectivity index (χ3v) is 6.71. The van der Waals surface area contributed by atoms with E-state index in [-0.39, 0.29) is 11.9 Å². The Hall–Kier alpha value is -1.78. The Kier molecular flexibility index (Phi) is 5.55. The SMILES string of the molecule is CCC(=O)N(c1nnc(SCc2nnc(-c3ccccc3Br)o2)s1)C1CC1. The monoisotopic (exact) mass is 465 g/mol. The van der Waals surface area contributed by atoms with Crippen molar-refractivity contribution in [3.05, 3.63) is 34.6 Å². The van der Waals surface area contributed by atoms with E-state index in [0.717, 1.165) is 27.2 Å². The minimum atomic E-state index is 0.0974. The fourth-order valence-electron chi connectivity index (χ4n) is 2.51. The van der Waals surface area contributed by atoms with Crippen molar-refractivity contribution in [2.24, 2.45) is 0 Å². The third kappa shape index (κ3) is 4.22. The van der Waals surface area contributed by atoms with Crippen LogP contribution in [0.4, 0.5) is 5.13 Å². The van der Waals surface area contributed by atoms with E-state index < -0.39 is 0 Å². The maximum Gasteiger partial charge on any atom is 0.248 e. The highest BCUT2D eigenvalue weighted by molar-refractivity contribution is 9.10. The van der Waals surface area contributed by atoms with Crippen LogP contribution in [0, 0.1) is 0 Å². The van der Waals surface area contributed by atoms with Gasteiger partial charge in [0.05, 0.1) is 11.3 Å². The topological polar surface area (TPSA) is 85.0 Å². The van der Waals surface area contributed by atoms with E-state index >= 15 is 0 Å². The Labute approximate surface area is 172 Å². The number of carbonyl (C=O) groups is 1. The molecule has 140 valence electrons. The molecule has 0 radical (unpaired) electrons. The van der Waals surface area contributed by atoms with Gasteiger partial charge >= 0.3 is 0 Å². The van der Waals surface area contributed by atoms with E-state index in [9.17, 15) is 4.79 Å². The number of thioether (sulfide) groups is 1. The average Bonchev–Trinajstić information content (AvgIpc) is 3.20. The zero-order chi connectivity index (χ0) is 18.8. The molecule has 0 atom stereocenters. The van der Waals surface area contributed by atoms with Crippen LogP contribution < -0.4 is 4.90 Å². The first kappa shape index (κ1) is 18.6. The van der Waals surface area contributed by atoms with Gasteiger partial charge < -0.3 is 4.42 Å². The second kappa shape index (κ2) is 8.07. The molecular formula is C17H16BrN5O2S2. The molecule has 0 spiro atoms. The quantitative estimate of drug-likeness (QED) is 0.373. The highest BCUT2D eigenvalue weighted by Crippen LogP contribution is 2.37. The summed E-state index contributed by atoms with van der Waals surface area (Å²) in [6.45, 7) is 1.87. The third-order valence-electron chi connectivity index (χ3n) is 3.98. The molecule has 0 bridgehead atoms. The molecule has 3 aromatic rings. The standard InChI is InChI=1S/C17H16BrN5O2S2/c1-2-14(24)23(10-7-8-10)16-21-22-17(27-16)26-9-13-19-20-15(25-13)11-5-3-4-6-12(11)18/h3-6,10H,2,7-9H2,1H3. The van der Waals surface area contributed by atoms with Crippen LogP contribution in [-0.2, 0) is 10.5 Å². The van der Waals surface area contributed by atoms with Crippen LogP contribution in [0.25, 0.3) is 11.5 Å². The first-order valence-electron chi connectivity index (χ1n) is 8.51. The fraction of sp³-hybridized carbons (Fsp3) is 0.353. The van der Waals surface area contributed by atoms with Gasteiger partial charge in [-0.3, -0.25) is 9.69 Å². The predicted molar refractivity (Wildman–Crippen MR) is 108 cm³/mol. The molecule has 1 amide bonds. The molecule has 27 heavy (non-hydrogen) atoms. The largest absolute Gasteiger partial charge is 0.420 e. The molecule has 0 saturated heterocycles. The van der Waals surface area contributed by atoms with Gasteiger partial charge in [0, 0.05) is 16.9 Å². The number of nitrogens with zero attached hydrogens (tertiary/aromatic N) is 5. The normalized spacial score (nSPS) is 13.7. The van der Waals surface area contributed by atoms with E-state index in [1.54, 1.807) is 4.90 Å². The van der Waals surface area contributed by atoms with Gasteiger partial charge in [-0.05, 0) is 40.9 Å². The van der Waals surface area contributed by atoms with Gasteiger partial charge in [-0.15, -0.1) is 20.4 Å². The molecule has 10 heteroatoms.